The first kappa shape index (κ1) is 19.4. The monoisotopic (exact) mass is 301 g/mol. The number of amides is 1. The van der Waals surface area contributed by atoms with Crippen molar-refractivity contribution in [2.45, 2.75) is 26.7 Å². The Labute approximate surface area is 131 Å². The van der Waals surface area contributed by atoms with Gasteiger partial charge in [-0.25, -0.2) is 0 Å². The molecule has 0 aliphatic rings. The molecule has 0 unspecified atom stereocenters. The van der Waals surface area contributed by atoms with Crippen LogP contribution in [-0.2, 0) is 11.2 Å². The summed E-state index contributed by atoms with van der Waals surface area (Å²) in [6.45, 7) is 4.00. The lowest BCUT2D eigenvalue weighted by Gasteiger charge is -1.95. The zero-order valence-electron chi connectivity index (χ0n) is 13.0. The molecule has 2 aromatic rings. The second kappa shape index (κ2) is 12.1. The summed E-state index contributed by atoms with van der Waals surface area (Å²) in [7, 11) is 0. The number of aryl methyl sites for hydroxylation is 1. The van der Waals surface area contributed by atoms with Crippen LogP contribution in [0.25, 0.3) is 0 Å². The van der Waals surface area contributed by atoms with E-state index in [9.17, 15) is 9.59 Å². The van der Waals surface area contributed by atoms with Gasteiger partial charge in [-0.05, 0) is 24.1 Å². The molecule has 0 atom stereocenters. The third-order valence-corrected chi connectivity index (χ3v) is 2.53. The lowest BCUT2D eigenvalue weighted by molar-refractivity contribution is -0.136. The summed E-state index contributed by atoms with van der Waals surface area (Å²) in [5, 5.41) is 8.37. The van der Waals surface area contributed by atoms with Crippen molar-refractivity contribution in [3.63, 3.8) is 0 Å². The maximum absolute atomic E-state index is 10.4. The second-order valence-corrected chi connectivity index (χ2v) is 4.11. The smallest absolute Gasteiger partial charge is 0.303 e. The molecular formula is C18H23NO3. The van der Waals surface area contributed by atoms with Gasteiger partial charge in [-0.15, -0.1) is 0 Å². The fourth-order valence-electron chi connectivity index (χ4n) is 1.50. The fraction of sp³-hybridized carbons (Fsp3) is 0.222. The van der Waals surface area contributed by atoms with Crippen LogP contribution >= 0.6 is 0 Å². The summed E-state index contributed by atoms with van der Waals surface area (Å²) >= 11 is 0. The van der Waals surface area contributed by atoms with E-state index >= 15 is 0 Å². The van der Waals surface area contributed by atoms with Gasteiger partial charge in [0.2, 0.25) is 5.91 Å². The first-order valence-electron chi connectivity index (χ1n) is 7.20. The van der Waals surface area contributed by atoms with Crippen molar-refractivity contribution in [1.82, 2.24) is 0 Å². The molecule has 0 saturated carbocycles. The highest BCUT2D eigenvalue weighted by Crippen LogP contribution is 2.01. The van der Waals surface area contributed by atoms with Crippen molar-refractivity contribution in [2.24, 2.45) is 5.73 Å². The van der Waals surface area contributed by atoms with Gasteiger partial charge < -0.3 is 10.8 Å². The number of nitrogens with two attached hydrogens (primary N) is 1. The molecule has 3 N–H and O–H groups in total. The van der Waals surface area contributed by atoms with Gasteiger partial charge in [0.15, 0.2) is 0 Å². The van der Waals surface area contributed by atoms with Crippen LogP contribution in [0.1, 0.15) is 36.2 Å². The summed E-state index contributed by atoms with van der Waals surface area (Å²) in [6.07, 6.45) is 0.834. The Morgan fingerprint density at radius 2 is 1.36 bits per heavy atom. The fourth-order valence-corrected chi connectivity index (χ4v) is 1.50. The molecule has 0 radical (unpaired) electrons. The second-order valence-electron chi connectivity index (χ2n) is 4.11. The van der Waals surface area contributed by atoms with Crippen LogP contribution in [0, 0.1) is 0 Å². The molecule has 2 rings (SSSR count). The highest BCUT2D eigenvalue weighted by Gasteiger charge is 1.96. The van der Waals surface area contributed by atoms with E-state index in [1.54, 1.807) is 24.3 Å². The van der Waals surface area contributed by atoms with Gasteiger partial charge in [0, 0.05) is 12.0 Å². The largest absolute Gasteiger partial charge is 0.481 e. The molecule has 0 fully saturated rings. The number of primary amides is 1. The number of carboxylic acids is 1. The van der Waals surface area contributed by atoms with E-state index in [1.807, 2.05) is 50.2 Å². The summed E-state index contributed by atoms with van der Waals surface area (Å²) < 4.78 is 0. The molecule has 0 bridgehead atoms. The molecule has 0 saturated heterocycles. The summed E-state index contributed by atoms with van der Waals surface area (Å²) in [5.41, 5.74) is 6.61. The molecule has 0 aliphatic carbocycles. The van der Waals surface area contributed by atoms with Crippen molar-refractivity contribution in [2.75, 3.05) is 0 Å². The minimum absolute atomic E-state index is 0.212. The summed E-state index contributed by atoms with van der Waals surface area (Å²) in [5.74, 6) is -1.12. The molecule has 4 nitrogen and oxygen atoms in total. The van der Waals surface area contributed by atoms with E-state index in [1.165, 1.54) is 0 Å². The van der Waals surface area contributed by atoms with Gasteiger partial charge >= 0.3 is 5.97 Å². The van der Waals surface area contributed by atoms with Gasteiger partial charge in [-0.3, -0.25) is 9.59 Å². The van der Waals surface area contributed by atoms with Crippen LogP contribution in [0.3, 0.4) is 0 Å². The first-order chi connectivity index (χ1) is 10.6. The van der Waals surface area contributed by atoms with Gasteiger partial charge in [-0.2, -0.15) is 0 Å². The number of aliphatic carboxylic acids is 1. The number of carbonyl (C=O) groups is 2. The van der Waals surface area contributed by atoms with E-state index in [4.69, 9.17) is 10.8 Å². The van der Waals surface area contributed by atoms with Crippen molar-refractivity contribution in [3.05, 3.63) is 71.8 Å². The quantitative estimate of drug-likeness (QED) is 0.906. The van der Waals surface area contributed by atoms with E-state index in [0.29, 0.717) is 12.0 Å². The average molecular weight is 301 g/mol. The molecule has 0 aliphatic heterocycles. The normalized spacial score (nSPS) is 8.64. The minimum atomic E-state index is -0.742. The number of hydrogen-bond acceptors (Lipinski definition) is 2. The van der Waals surface area contributed by atoms with Gasteiger partial charge in [0.25, 0.3) is 0 Å². The maximum atomic E-state index is 10.4. The molecule has 4 heteroatoms. The molecule has 0 aromatic heterocycles. The highest BCUT2D eigenvalue weighted by molar-refractivity contribution is 5.92. The third-order valence-electron chi connectivity index (χ3n) is 2.53. The Kier molecular flexibility index (Phi) is 10.7. The molecule has 1 amide bonds. The van der Waals surface area contributed by atoms with Crippen molar-refractivity contribution >= 4 is 11.9 Å². The predicted molar refractivity (Wildman–Crippen MR) is 88.7 cm³/mol. The van der Waals surface area contributed by atoms with E-state index in [2.05, 4.69) is 0 Å². The lowest BCUT2D eigenvalue weighted by atomic mass is 10.1. The molecule has 0 heterocycles. The Bertz CT molecular complexity index is 539. The van der Waals surface area contributed by atoms with Crippen molar-refractivity contribution in [3.8, 4) is 0 Å². The minimum Gasteiger partial charge on any atom is -0.481 e. The third kappa shape index (κ3) is 9.31. The first-order valence-corrected chi connectivity index (χ1v) is 7.20. The van der Waals surface area contributed by atoms with Crippen LogP contribution in [0.15, 0.2) is 60.7 Å². The molecule has 118 valence electrons. The van der Waals surface area contributed by atoms with Crippen LogP contribution in [-0.4, -0.2) is 17.0 Å². The topological polar surface area (TPSA) is 80.4 Å². The van der Waals surface area contributed by atoms with Crippen LogP contribution in [0.4, 0.5) is 0 Å². The Hall–Kier alpha value is -2.62. The van der Waals surface area contributed by atoms with Gasteiger partial charge in [0.05, 0.1) is 0 Å². The SMILES string of the molecule is CC.NC(=O)c1ccccc1.O=C(O)CCc1ccccc1. The molecule has 0 spiro atoms. The Morgan fingerprint density at radius 1 is 0.909 bits per heavy atom. The number of carbonyl (C=O) groups excluding carboxylic acids is 1. The number of carboxylic acid groups (broad SMARTS) is 1. The average Bonchev–Trinajstić information content (AvgIpc) is 2.57. The highest BCUT2D eigenvalue weighted by atomic mass is 16.4. The van der Waals surface area contributed by atoms with E-state index in [-0.39, 0.29) is 12.3 Å². The number of hydrogen-bond donors (Lipinski definition) is 2. The van der Waals surface area contributed by atoms with Crippen molar-refractivity contribution < 1.29 is 14.7 Å². The van der Waals surface area contributed by atoms with Crippen LogP contribution < -0.4 is 5.73 Å². The van der Waals surface area contributed by atoms with Crippen LogP contribution in [0.5, 0.6) is 0 Å². The summed E-state index contributed by atoms with van der Waals surface area (Å²) in [6, 6.07) is 18.4. The maximum Gasteiger partial charge on any atom is 0.303 e. The standard InChI is InChI=1S/C9H10O2.C7H7NO.C2H6/c10-9(11)7-6-8-4-2-1-3-5-8;8-7(9)6-4-2-1-3-5-6;1-2/h1-5H,6-7H2,(H,10,11);1-5H,(H2,8,9);1-2H3. The van der Waals surface area contributed by atoms with E-state index < -0.39 is 5.97 Å². The summed E-state index contributed by atoms with van der Waals surface area (Å²) in [4.78, 5) is 20.6. The van der Waals surface area contributed by atoms with Gasteiger partial charge in [0.1, 0.15) is 0 Å². The Balaban J connectivity index is 0.000000366. The molecule has 2 aromatic carbocycles. The van der Waals surface area contributed by atoms with Crippen LogP contribution in [0.2, 0.25) is 0 Å². The number of rotatable bonds is 4. The molecule has 22 heavy (non-hydrogen) atoms. The predicted octanol–water partition coefficient (Wildman–Crippen LogP) is 3.52. The van der Waals surface area contributed by atoms with Gasteiger partial charge in [-0.1, -0.05) is 62.4 Å². The number of benzene rings is 2. The van der Waals surface area contributed by atoms with E-state index in [0.717, 1.165) is 5.56 Å². The lowest BCUT2D eigenvalue weighted by Crippen LogP contribution is -2.09. The molecular weight excluding hydrogens is 278 g/mol. The van der Waals surface area contributed by atoms with Crippen molar-refractivity contribution in [1.29, 1.82) is 0 Å². The zero-order valence-corrected chi connectivity index (χ0v) is 13.0. The Morgan fingerprint density at radius 3 is 1.73 bits per heavy atom. The zero-order chi connectivity index (χ0) is 16.8.